The van der Waals surface area contributed by atoms with Gasteiger partial charge in [-0.15, -0.1) is 0 Å². The maximum atomic E-state index is 12.7. The second kappa shape index (κ2) is 25.8. The predicted molar refractivity (Wildman–Crippen MR) is 216 cm³/mol. The van der Waals surface area contributed by atoms with Crippen molar-refractivity contribution >= 4 is 5.97 Å². The highest BCUT2D eigenvalue weighted by molar-refractivity contribution is 5.69. The van der Waals surface area contributed by atoms with Crippen molar-refractivity contribution in [1.82, 2.24) is 0 Å². The van der Waals surface area contributed by atoms with Crippen molar-refractivity contribution in [1.29, 1.82) is 0 Å². The van der Waals surface area contributed by atoms with Crippen molar-refractivity contribution in [2.75, 3.05) is 112 Å². The van der Waals surface area contributed by atoms with Crippen LogP contribution < -0.4 is 0 Å². The van der Waals surface area contributed by atoms with Gasteiger partial charge in [0.25, 0.3) is 0 Å². The highest BCUT2D eigenvalue weighted by Gasteiger charge is 2.60. The molecule has 57 heavy (non-hydrogen) atoms. The standard InChI is InChI=1S/C45H80O12/c1-35(7-12-42(47)55-33-32-54-31-30-53-29-28-52-27-26-51-25-24-50-23-22-49-21-20-48-19-17-46)39-10-11-40-38-9-8-36-34-37(57-43-6-4-5-18-56-43)13-15-44(36,2)41(38)14-16-45(39,40)3/h35-41,43,46H,4-34H2,1-3H3/t35-,36-,37-,38+,39-,40+,41+,43?,44+,45-/m1/s1. The summed E-state index contributed by atoms with van der Waals surface area (Å²) < 4.78 is 56.1. The number of carbonyl (C=O) groups is 1. The molecule has 332 valence electrons. The lowest BCUT2D eigenvalue weighted by Gasteiger charge is -2.61. The molecule has 0 aromatic heterocycles. The number of carbonyl (C=O) groups excluding carboxylic acids is 1. The van der Waals surface area contributed by atoms with Crippen LogP contribution in [0.2, 0.25) is 0 Å². The third-order valence-corrected chi connectivity index (χ3v) is 14.6. The summed E-state index contributed by atoms with van der Waals surface area (Å²) in [5, 5.41) is 8.63. The zero-order valence-corrected chi connectivity index (χ0v) is 36.0. The lowest BCUT2D eigenvalue weighted by atomic mass is 9.44. The van der Waals surface area contributed by atoms with E-state index >= 15 is 0 Å². The minimum Gasteiger partial charge on any atom is -0.463 e. The average Bonchev–Trinajstić information content (AvgIpc) is 3.58. The predicted octanol–water partition coefficient (Wildman–Crippen LogP) is 6.63. The molecule has 12 nitrogen and oxygen atoms in total. The van der Waals surface area contributed by atoms with Gasteiger partial charge in [-0.1, -0.05) is 20.8 Å². The number of rotatable bonds is 29. The first-order chi connectivity index (χ1) is 27.8. The molecule has 10 atom stereocenters. The van der Waals surface area contributed by atoms with Gasteiger partial charge in [0.05, 0.1) is 105 Å². The number of fused-ring (bicyclic) bond motifs is 5. The summed E-state index contributed by atoms with van der Waals surface area (Å²) >= 11 is 0. The van der Waals surface area contributed by atoms with E-state index in [1.165, 1.54) is 70.6 Å². The fourth-order valence-corrected chi connectivity index (χ4v) is 11.7. The van der Waals surface area contributed by atoms with Crippen LogP contribution in [0.5, 0.6) is 0 Å². The van der Waals surface area contributed by atoms with E-state index in [1.807, 2.05) is 0 Å². The molecule has 0 aromatic carbocycles. The molecule has 1 saturated heterocycles. The molecule has 5 fully saturated rings. The topological polar surface area (TPSA) is 130 Å². The summed E-state index contributed by atoms with van der Waals surface area (Å²) in [7, 11) is 0. The SMILES string of the molecule is C[C@H](CCC(=O)OCCOCCOCCOCCOCCOCCOCCOCCO)[C@H]1CC[C@H]2[C@@H]3CC[C@@H]4C[C@H](OC5CCCCO5)CC[C@]4(C)[C@H]3CC[C@]12C. The summed E-state index contributed by atoms with van der Waals surface area (Å²) in [4.78, 5) is 12.7. The normalized spacial score (nSPS) is 33.0. The van der Waals surface area contributed by atoms with Gasteiger partial charge in [-0.25, -0.2) is 0 Å². The van der Waals surface area contributed by atoms with Crippen LogP contribution in [0.4, 0.5) is 0 Å². The molecule has 0 amide bonds. The van der Waals surface area contributed by atoms with E-state index in [9.17, 15) is 4.79 Å². The van der Waals surface area contributed by atoms with E-state index in [4.69, 9.17) is 52.5 Å². The molecular weight excluding hydrogens is 732 g/mol. The van der Waals surface area contributed by atoms with E-state index in [-0.39, 0.29) is 25.5 Å². The first-order valence-corrected chi connectivity index (χ1v) is 22.9. The van der Waals surface area contributed by atoms with Gasteiger partial charge in [-0.05, 0) is 130 Å². The number of esters is 1. The molecule has 1 heterocycles. The molecule has 5 rings (SSSR count). The molecule has 1 N–H and O–H groups in total. The van der Waals surface area contributed by atoms with Crippen LogP contribution in [0.25, 0.3) is 0 Å². The van der Waals surface area contributed by atoms with Crippen LogP contribution in [0.15, 0.2) is 0 Å². The maximum Gasteiger partial charge on any atom is 0.305 e. The first kappa shape index (κ1) is 47.1. The molecule has 4 aliphatic carbocycles. The average molecular weight is 813 g/mol. The lowest BCUT2D eigenvalue weighted by molar-refractivity contribution is -0.212. The Kier molecular flexibility index (Phi) is 21.3. The van der Waals surface area contributed by atoms with Crippen molar-refractivity contribution in [2.24, 2.45) is 46.3 Å². The highest BCUT2D eigenvalue weighted by atomic mass is 16.7. The van der Waals surface area contributed by atoms with Crippen LogP contribution in [0.1, 0.15) is 111 Å². The van der Waals surface area contributed by atoms with Gasteiger partial charge in [0.1, 0.15) is 6.61 Å². The monoisotopic (exact) mass is 813 g/mol. The number of hydrogen-bond donors (Lipinski definition) is 1. The first-order valence-electron chi connectivity index (χ1n) is 22.9. The molecule has 0 radical (unpaired) electrons. The van der Waals surface area contributed by atoms with Crippen LogP contribution in [0.3, 0.4) is 0 Å². The van der Waals surface area contributed by atoms with Crippen molar-refractivity contribution in [2.45, 2.75) is 123 Å². The summed E-state index contributed by atoms with van der Waals surface area (Å²) in [5.74, 6) is 4.46. The smallest absolute Gasteiger partial charge is 0.305 e. The van der Waals surface area contributed by atoms with Gasteiger partial charge in [0.2, 0.25) is 0 Å². The highest BCUT2D eigenvalue weighted by Crippen LogP contribution is 2.68. The Labute approximate surface area is 344 Å². The van der Waals surface area contributed by atoms with E-state index in [1.54, 1.807) is 0 Å². The summed E-state index contributed by atoms with van der Waals surface area (Å²) in [6.45, 7) is 15.4. The Hall–Kier alpha value is -0.930. The number of aliphatic hydroxyl groups is 1. The fraction of sp³-hybridized carbons (Fsp3) is 0.978. The van der Waals surface area contributed by atoms with Crippen LogP contribution in [-0.2, 0) is 52.2 Å². The summed E-state index contributed by atoms with van der Waals surface area (Å²) in [5.41, 5.74) is 0.857. The van der Waals surface area contributed by atoms with Crippen LogP contribution in [0, 0.1) is 46.3 Å². The summed E-state index contributed by atoms with van der Waals surface area (Å²) in [6.07, 6.45) is 17.2. The van der Waals surface area contributed by atoms with E-state index < -0.39 is 0 Å². The summed E-state index contributed by atoms with van der Waals surface area (Å²) in [6, 6.07) is 0. The Bertz CT molecular complexity index is 1090. The van der Waals surface area contributed by atoms with E-state index in [0.717, 1.165) is 43.1 Å². The molecule has 1 unspecified atom stereocenters. The van der Waals surface area contributed by atoms with Crippen molar-refractivity contribution in [3.05, 3.63) is 0 Å². The van der Waals surface area contributed by atoms with Crippen LogP contribution >= 0.6 is 0 Å². The zero-order chi connectivity index (χ0) is 40.2. The Morgan fingerprint density at radius 1 is 0.649 bits per heavy atom. The van der Waals surface area contributed by atoms with Crippen LogP contribution in [-0.4, -0.2) is 136 Å². The molecular formula is C45H80O12. The van der Waals surface area contributed by atoms with E-state index in [0.29, 0.717) is 128 Å². The number of hydrogen-bond acceptors (Lipinski definition) is 12. The largest absolute Gasteiger partial charge is 0.463 e. The quantitative estimate of drug-likeness (QED) is 0.0495. The minimum atomic E-state index is -0.109. The Balaban J connectivity index is 0.835. The molecule has 5 aliphatic rings. The lowest BCUT2D eigenvalue weighted by Crippen LogP contribution is -2.54. The maximum absolute atomic E-state index is 12.7. The van der Waals surface area contributed by atoms with Crippen molar-refractivity contribution < 1.29 is 57.3 Å². The zero-order valence-electron chi connectivity index (χ0n) is 36.0. The molecule has 0 aromatic rings. The van der Waals surface area contributed by atoms with Gasteiger partial charge in [0, 0.05) is 13.0 Å². The molecule has 0 bridgehead atoms. The number of aliphatic hydroxyl groups excluding tert-OH is 1. The minimum absolute atomic E-state index is 0.0248. The Morgan fingerprint density at radius 3 is 1.79 bits per heavy atom. The van der Waals surface area contributed by atoms with Crippen molar-refractivity contribution in [3.63, 3.8) is 0 Å². The van der Waals surface area contributed by atoms with Gasteiger partial charge in [-0.2, -0.15) is 0 Å². The third kappa shape index (κ3) is 14.6. The Morgan fingerprint density at radius 2 is 1.21 bits per heavy atom. The second-order valence-corrected chi connectivity index (χ2v) is 18.0. The van der Waals surface area contributed by atoms with Crippen molar-refractivity contribution in [3.8, 4) is 0 Å². The van der Waals surface area contributed by atoms with Gasteiger partial charge in [-0.3, -0.25) is 4.79 Å². The van der Waals surface area contributed by atoms with E-state index in [2.05, 4.69) is 20.8 Å². The molecule has 12 heteroatoms. The fourth-order valence-electron chi connectivity index (χ4n) is 11.7. The molecule has 4 saturated carbocycles. The van der Waals surface area contributed by atoms with Gasteiger partial charge < -0.3 is 52.5 Å². The number of ether oxygens (including phenoxy) is 10. The second-order valence-electron chi connectivity index (χ2n) is 18.0. The van der Waals surface area contributed by atoms with Gasteiger partial charge >= 0.3 is 5.97 Å². The molecule has 0 spiro atoms. The third-order valence-electron chi connectivity index (χ3n) is 14.6. The van der Waals surface area contributed by atoms with Gasteiger partial charge in [0.15, 0.2) is 6.29 Å². The molecule has 1 aliphatic heterocycles.